The van der Waals surface area contributed by atoms with Gasteiger partial charge in [-0.05, 0) is 30.3 Å². The van der Waals surface area contributed by atoms with Crippen molar-refractivity contribution >= 4 is 74.9 Å². The van der Waals surface area contributed by atoms with Gasteiger partial charge in [0.25, 0.3) is 11.6 Å². The van der Waals surface area contributed by atoms with Crippen LogP contribution in [0.5, 0.6) is 5.75 Å². The first-order valence-electron chi connectivity index (χ1n) is 7.37. The average molecular weight is 441 g/mol. The van der Waals surface area contributed by atoms with E-state index in [0.717, 1.165) is 11.8 Å². The Morgan fingerprint density at radius 2 is 1.96 bits per heavy atom. The molecule has 10 heteroatoms. The summed E-state index contributed by atoms with van der Waals surface area (Å²) in [5.74, 6) is 0.0392. The molecule has 2 aromatic rings. The van der Waals surface area contributed by atoms with Crippen LogP contribution in [0.2, 0.25) is 10.0 Å². The SMILES string of the molecule is COc1ccc([N+](=O)[O-])cc1/C=C1\SC(=S)N(c2ccc(Cl)c(Cl)c2)C1=O. The summed E-state index contributed by atoms with van der Waals surface area (Å²) in [7, 11) is 1.44. The average Bonchev–Trinajstić information content (AvgIpc) is 2.91. The van der Waals surface area contributed by atoms with Gasteiger partial charge >= 0.3 is 0 Å². The Labute approximate surface area is 173 Å². The third kappa shape index (κ3) is 3.93. The van der Waals surface area contributed by atoms with E-state index in [1.54, 1.807) is 18.2 Å². The standard InChI is InChI=1S/C17H10Cl2N2O4S2/c1-25-14-5-3-11(21(23)24)6-9(14)7-15-16(22)20(17(26)27-15)10-2-4-12(18)13(19)8-10/h2-8H,1H3/b15-7-. The lowest BCUT2D eigenvalue weighted by atomic mass is 10.1. The summed E-state index contributed by atoms with van der Waals surface area (Å²) in [6.07, 6.45) is 1.52. The molecule has 1 amide bonds. The summed E-state index contributed by atoms with van der Waals surface area (Å²) in [6.45, 7) is 0. The number of rotatable bonds is 4. The quantitative estimate of drug-likeness (QED) is 0.277. The van der Waals surface area contributed by atoms with Crippen LogP contribution in [0, 0.1) is 10.1 Å². The van der Waals surface area contributed by atoms with Crippen LogP contribution in [-0.2, 0) is 4.79 Å². The summed E-state index contributed by atoms with van der Waals surface area (Å²) in [5, 5.41) is 11.7. The number of carbonyl (C=O) groups is 1. The Morgan fingerprint density at radius 3 is 2.59 bits per heavy atom. The number of nitrogens with zero attached hydrogens (tertiary/aromatic N) is 2. The van der Waals surface area contributed by atoms with Gasteiger partial charge in [-0.2, -0.15) is 0 Å². The van der Waals surface area contributed by atoms with Crippen molar-refractivity contribution in [1.82, 2.24) is 0 Å². The summed E-state index contributed by atoms with van der Waals surface area (Å²) < 4.78 is 5.54. The Kier molecular flexibility index (Phi) is 5.71. The number of hydrogen-bond donors (Lipinski definition) is 0. The predicted molar refractivity (Wildman–Crippen MR) is 112 cm³/mol. The van der Waals surface area contributed by atoms with E-state index in [-0.39, 0.29) is 11.6 Å². The number of carbonyl (C=O) groups excluding carboxylic acids is 1. The third-order valence-corrected chi connectivity index (χ3v) is 5.71. The fourth-order valence-electron chi connectivity index (χ4n) is 2.40. The zero-order valence-electron chi connectivity index (χ0n) is 13.6. The lowest BCUT2D eigenvalue weighted by Gasteiger charge is -2.15. The van der Waals surface area contributed by atoms with E-state index in [1.807, 2.05) is 0 Å². The van der Waals surface area contributed by atoms with Crippen LogP contribution in [-0.4, -0.2) is 22.3 Å². The van der Waals surface area contributed by atoms with E-state index in [2.05, 4.69) is 0 Å². The number of amides is 1. The van der Waals surface area contributed by atoms with Gasteiger partial charge in [0.15, 0.2) is 4.32 Å². The Morgan fingerprint density at radius 1 is 1.22 bits per heavy atom. The maximum absolute atomic E-state index is 12.8. The van der Waals surface area contributed by atoms with Gasteiger partial charge in [-0.15, -0.1) is 0 Å². The van der Waals surface area contributed by atoms with E-state index < -0.39 is 4.92 Å². The second kappa shape index (κ2) is 7.85. The zero-order chi connectivity index (χ0) is 19.7. The number of methoxy groups -OCH3 is 1. The molecular formula is C17H10Cl2N2O4S2. The van der Waals surface area contributed by atoms with Crippen LogP contribution in [0.4, 0.5) is 11.4 Å². The number of anilines is 1. The largest absolute Gasteiger partial charge is 0.496 e. The molecule has 2 aromatic carbocycles. The molecule has 0 N–H and O–H groups in total. The molecule has 27 heavy (non-hydrogen) atoms. The van der Waals surface area contributed by atoms with Crippen LogP contribution < -0.4 is 9.64 Å². The fraction of sp³-hybridized carbons (Fsp3) is 0.0588. The Balaban J connectivity index is 2.00. The highest BCUT2D eigenvalue weighted by atomic mass is 35.5. The van der Waals surface area contributed by atoms with E-state index in [4.69, 9.17) is 40.2 Å². The van der Waals surface area contributed by atoms with Gasteiger partial charge in [0.1, 0.15) is 5.75 Å². The zero-order valence-corrected chi connectivity index (χ0v) is 16.8. The molecule has 1 fully saturated rings. The Hall–Kier alpha value is -2.13. The van der Waals surface area contributed by atoms with Gasteiger partial charge in [-0.1, -0.05) is 47.2 Å². The van der Waals surface area contributed by atoms with Crippen molar-refractivity contribution in [2.45, 2.75) is 0 Å². The number of nitro benzene ring substituents is 1. The predicted octanol–water partition coefficient (Wildman–Crippen LogP) is 5.32. The highest BCUT2D eigenvalue weighted by Crippen LogP contribution is 2.39. The van der Waals surface area contributed by atoms with Crippen molar-refractivity contribution in [2.75, 3.05) is 12.0 Å². The lowest BCUT2D eigenvalue weighted by Crippen LogP contribution is -2.27. The van der Waals surface area contributed by atoms with Crippen molar-refractivity contribution in [3.63, 3.8) is 0 Å². The minimum atomic E-state index is -0.516. The number of thiocarbonyl (C=S) groups is 1. The molecule has 1 aliphatic rings. The van der Waals surface area contributed by atoms with Gasteiger partial charge in [-0.3, -0.25) is 19.8 Å². The molecule has 0 spiro atoms. The molecule has 1 aliphatic heterocycles. The highest BCUT2D eigenvalue weighted by Gasteiger charge is 2.34. The highest BCUT2D eigenvalue weighted by molar-refractivity contribution is 8.27. The van der Waals surface area contributed by atoms with E-state index in [0.29, 0.717) is 36.3 Å². The van der Waals surface area contributed by atoms with Gasteiger partial charge in [-0.25, -0.2) is 0 Å². The van der Waals surface area contributed by atoms with Gasteiger partial charge in [0, 0.05) is 17.7 Å². The Bertz CT molecular complexity index is 1010. The lowest BCUT2D eigenvalue weighted by molar-refractivity contribution is -0.384. The van der Waals surface area contributed by atoms with E-state index in [9.17, 15) is 14.9 Å². The van der Waals surface area contributed by atoms with E-state index in [1.165, 1.54) is 36.3 Å². The number of thioether (sulfide) groups is 1. The molecule has 1 saturated heterocycles. The van der Waals surface area contributed by atoms with Crippen molar-refractivity contribution in [1.29, 1.82) is 0 Å². The van der Waals surface area contributed by atoms with Gasteiger partial charge in [0.2, 0.25) is 0 Å². The maximum Gasteiger partial charge on any atom is 0.270 e. The number of nitro groups is 1. The van der Waals surface area contributed by atoms with E-state index >= 15 is 0 Å². The van der Waals surface area contributed by atoms with Crippen molar-refractivity contribution < 1.29 is 14.5 Å². The normalized spacial score (nSPS) is 15.5. The first-order valence-corrected chi connectivity index (χ1v) is 9.35. The number of ether oxygens (including phenoxy) is 1. The minimum absolute atomic E-state index is 0.109. The monoisotopic (exact) mass is 440 g/mol. The van der Waals surface area contributed by atoms with Crippen molar-refractivity contribution in [2.24, 2.45) is 0 Å². The number of halogens is 2. The first kappa shape index (κ1) is 19.6. The van der Waals surface area contributed by atoms with Crippen LogP contribution >= 0.6 is 47.2 Å². The van der Waals surface area contributed by atoms with Crippen molar-refractivity contribution in [3.8, 4) is 5.75 Å². The van der Waals surface area contributed by atoms with Crippen LogP contribution in [0.1, 0.15) is 5.56 Å². The second-order valence-corrected chi connectivity index (χ2v) is 7.79. The van der Waals surface area contributed by atoms with Gasteiger partial charge < -0.3 is 4.74 Å². The van der Waals surface area contributed by atoms with Crippen molar-refractivity contribution in [3.05, 3.63) is 67.0 Å². The fourth-order valence-corrected chi connectivity index (χ4v) is 3.99. The second-order valence-electron chi connectivity index (χ2n) is 5.30. The minimum Gasteiger partial charge on any atom is -0.496 e. The molecule has 0 aromatic heterocycles. The molecule has 0 unspecified atom stereocenters. The van der Waals surface area contributed by atoms with Crippen LogP contribution in [0.25, 0.3) is 6.08 Å². The van der Waals surface area contributed by atoms with Gasteiger partial charge in [0.05, 0.1) is 32.7 Å². The number of hydrogen-bond acceptors (Lipinski definition) is 6. The molecule has 0 atom stereocenters. The molecule has 0 radical (unpaired) electrons. The summed E-state index contributed by atoms with van der Waals surface area (Å²) in [5.41, 5.74) is 0.782. The van der Waals surface area contributed by atoms with Crippen LogP contribution in [0.15, 0.2) is 41.3 Å². The summed E-state index contributed by atoms with van der Waals surface area (Å²) in [6, 6.07) is 8.90. The smallest absolute Gasteiger partial charge is 0.270 e. The molecule has 6 nitrogen and oxygen atoms in total. The molecule has 138 valence electrons. The molecular weight excluding hydrogens is 431 g/mol. The third-order valence-electron chi connectivity index (χ3n) is 3.67. The summed E-state index contributed by atoms with van der Waals surface area (Å²) >= 11 is 18.3. The molecule has 0 bridgehead atoms. The summed E-state index contributed by atoms with van der Waals surface area (Å²) in [4.78, 5) is 25.0. The first-order chi connectivity index (χ1) is 12.8. The number of non-ortho nitro benzene ring substituents is 1. The molecule has 0 aliphatic carbocycles. The van der Waals surface area contributed by atoms with Crippen LogP contribution in [0.3, 0.4) is 0 Å². The molecule has 1 heterocycles. The maximum atomic E-state index is 12.8. The molecule has 3 rings (SSSR count). The topological polar surface area (TPSA) is 72.7 Å². The number of benzene rings is 2. The molecule has 0 saturated carbocycles.